The number of hydrogen-bond donors (Lipinski definition) is 1. The van der Waals surface area contributed by atoms with Gasteiger partial charge >= 0.3 is 0 Å². The Morgan fingerprint density at radius 3 is 2.88 bits per heavy atom. The molecule has 1 saturated heterocycles. The van der Waals surface area contributed by atoms with Crippen molar-refractivity contribution in [2.75, 3.05) is 40.5 Å². The summed E-state index contributed by atoms with van der Waals surface area (Å²) in [6.07, 6.45) is 2.43. The van der Waals surface area contributed by atoms with E-state index in [9.17, 15) is 9.59 Å². The Morgan fingerprint density at radius 2 is 2.08 bits per heavy atom. The van der Waals surface area contributed by atoms with Gasteiger partial charge in [0.05, 0.1) is 0 Å². The zero-order valence-corrected chi connectivity index (χ0v) is 14.8. The van der Waals surface area contributed by atoms with Crippen LogP contribution in [0.3, 0.4) is 0 Å². The Kier molecular flexibility index (Phi) is 5.43. The summed E-state index contributed by atoms with van der Waals surface area (Å²) >= 11 is 0. The molecule has 0 aromatic heterocycles. The third-order valence-corrected chi connectivity index (χ3v) is 4.52. The largest absolute Gasteiger partial charge is 0.454 e. The van der Waals surface area contributed by atoms with Crippen LogP contribution in [0.2, 0.25) is 0 Å². The van der Waals surface area contributed by atoms with Crippen LogP contribution >= 0.6 is 0 Å². The number of fused-ring (bicyclic) bond motifs is 1. The van der Waals surface area contributed by atoms with Crippen molar-refractivity contribution in [1.82, 2.24) is 15.1 Å². The Morgan fingerprint density at radius 1 is 1.28 bits per heavy atom. The van der Waals surface area contributed by atoms with Gasteiger partial charge in [-0.05, 0) is 58.1 Å². The first-order valence-electron chi connectivity index (χ1n) is 8.69. The van der Waals surface area contributed by atoms with Gasteiger partial charge in [-0.3, -0.25) is 9.59 Å². The molecule has 2 aliphatic heterocycles. The van der Waals surface area contributed by atoms with Crippen LogP contribution in [0.15, 0.2) is 18.2 Å². The van der Waals surface area contributed by atoms with Gasteiger partial charge in [-0.15, -0.1) is 0 Å². The highest BCUT2D eigenvalue weighted by Crippen LogP contribution is 2.33. The van der Waals surface area contributed by atoms with E-state index in [4.69, 9.17) is 9.47 Å². The maximum atomic E-state index is 12.8. The number of amides is 2. The van der Waals surface area contributed by atoms with Crippen LogP contribution in [0.5, 0.6) is 11.5 Å². The highest BCUT2D eigenvalue weighted by molar-refractivity contribution is 5.98. The van der Waals surface area contributed by atoms with E-state index in [1.165, 1.54) is 0 Å². The Hall–Kier alpha value is -2.28. The van der Waals surface area contributed by atoms with E-state index in [0.29, 0.717) is 36.6 Å². The van der Waals surface area contributed by atoms with Gasteiger partial charge in [-0.2, -0.15) is 0 Å². The minimum absolute atomic E-state index is 0.0645. The molecule has 1 fully saturated rings. The van der Waals surface area contributed by atoms with E-state index in [-0.39, 0.29) is 18.6 Å². The Balaban J connectivity index is 1.60. The number of nitrogens with zero attached hydrogens (tertiary/aromatic N) is 2. The first-order valence-corrected chi connectivity index (χ1v) is 8.69. The molecule has 1 aromatic carbocycles. The molecular weight excluding hydrogens is 322 g/mol. The monoisotopic (exact) mass is 347 g/mol. The Labute approximate surface area is 147 Å². The lowest BCUT2D eigenvalue weighted by molar-refractivity contribution is -0.124. The molecule has 2 aliphatic rings. The molecule has 1 aromatic rings. The smallest absolute Gasteiger partial charge is 0.254 e. The fourth-order valence-corrected chi connectivity index (χ4v) is 3.20. The van der Waals surface area contributed by atoms with Crippen molar-refractivity contribution in [2.24, 2.45) is 0 Å². The number of benzene rings is 1. The third kappa shape index (κ3) is 4.04. The molecule has 3 rings (SSSR count). The highest BCUT2D eigenvalue weighted by atomic mass is 16.7. The van der Waals surface area contributed by atoms with Gasteiger partial charge in [-0.1, -0.05) is 0 Å². The fourth-order valence-electron chi connectivity index (χ4n) is 3.20. The van der Waals surface area contributed by atoms with E-state index >= 15 is 0 Å². The van der Waals surface area contributed by atoms with Crippen LogP contribution in [-0.2, 0) is 4.79 Å². The molecule has 1 atom stereocenters. The van der Waals surface area contributed by atoms with E-state index in [0.717, 1.165) is 19.4 Å². The molecule has 0 bridgehead atoms. The molecule has 0 radical (unpaired) electrons. The van der Waals surface area contributed by atoms with Crippen molar-refractivity contribution in [3.8, 4) is 11.5 Å². The Bertz CT molecular complexity index is 647. The minimum atomic E-state index is -0.391. The van der Waals surface area contributed by atoms with E-state index in [2.05, 4.69) is 10.2 Å². The summed E-state index contributed by atoms with van der Waals surface area (Å²) in [5, 5.41) is 2.95. The molecule has 0 spiro atoms. The zero-order chi connectivity index (χ0) is 17.8. The quantitative estimate of drug-likeness (QED) is 0.780. The molecule has 0 unspecified atom stereocenters. The average molecular weight is 347 g/mol. The second-order valence-corrected chi connectivity index (χ2v) is 6.67. The van der Waals surface area contributed by atoms with Crippen LogP contribution in [0.4, 0.5) is 0 Å². The highest BCUT2D eigenvalue weighted by Gasteiger charge is 2.34. The SMILES string of the molecule is CN(C)CCCNC(=O)[C@H]1CCCN1C(=O)c1ccc2c(c1)OCO2. The van der Waals surface area contributed by atoms with Crippen molar-refractivity contribution in [1.29, 1.82) is 0 Å². The number of likely N-dealkylation sites (tertiary alicyclic amines) is 1. The molecule has 2 heterocycles. The molecule has 25 heavy (non-hydrogen) atoms. The zero-order valence-electron chi connectivity index (χ0n) is 14.8. The number of nitrogens with one attached hydrogen (secondary N) is 1. The summed E-state index contributed by atoms with van der Waals surface area (Å²) < 4.78 is 10.6. The summed E-state index contributed by atoms with van der Waals surface area (Å²) in [6.45, 7) is 2.32. The third-order valence-electron chi connectivity index (χ3n) is 4.52. The minimum Gasteiger partial charge on any atom is -0.454 e. The summed E-state index contributed by atoms with van der Waals surface area (Å²) in [7, 11) is 4.01. The second kappa shape index (κ2) is 7.74. The molecule has 1 N–H and O–H groups in total. The van der Waals surface area contributed by atoms with Crippen LogP contribution in [0.25, 0.3) is 0 Å². The fraction of sp³-hybridized carbons (Fsp3) is 0.556. The molecule has 7 nitrogen and oxygen atoms in total. The van der Waals surface area contributed by atoms with Crippen LogP contribution < -0.4 is 14.8 Å². The second-order valence-electron chi connectivity index (χ2n) is 6.67. The van der Waals surface area contributed by atoms with Gasteiger partial charge in [0.15, 0.2) is 11.5 Å². The van der Waals surface area contributed by atoms with Crippen molar-refractivity contribution < 1.29 is 19.1 Å². The van der Waals surface area contributed by atoms with Crippen LogP contribution in [0, 0.1) is 0 Å². The standard InChI is InChI=1S/C18H25N3O4/c1-20(2)9-4-8-19-17(22)14-5-3-10-21(14)18(23)13-6-7-15-16(11-13)25-12-24-15/h6-7,11,14H,3-5,8-10,12H2,1-2H3,(H,19,22)/t14-/m1/s1. The van der Waals surface area contributed by atoms with Crippen molar-refractivity contribution in [3.05, 3.63) is 23.8 Å². The van der Waals surface area contributed by atoms with E-state index < -0.39 is 6.04 Å². The number of ether oxygens (including phenoxy) is 2. The lowest BCUT2D eigenvalue weighted by atomic mass is 10.1. The predicted octanol–water partition coefficient (Wildman–Crippen LogP) is 1.09. The summed E-state index contributed by atoms with van der Waals surface area (Å²) in [5.41, 5.74) is 0.525. The van der Waals surface area contributed by atoms with E-state index in [1.807, 2.05) is 14.1 Å². The average Bonchev–Trinajstić information content (AvgIpc) is 3.25. The normalized spacial score (nSPS) is 18.7. The van der Waals surface area contributed by atoms with Gasteiger partial charge < -0.3 is 24.6 Å². The van der Waals surface area contributed by atoms with Gasteiger partial charge in [0.25, 0.3) is 5.91 Å². The van der Waals surface area contributed by atoms with Crippen molar-refractivity contribution in [2.45, 2.75) is 25.3 Å². The van der Waals surface area contributed by atoms with Crippen LogP contribution in [0.1, 0.15) is 29.6 Å². The maximum absolute atomic E-state index is 12.8. The van der Waals surface area contributed by atoms with Gasteiger partial charge in [-0.25, -0.2) is 0 Å². The number of carbonyl (C=O) groups excluding carboxylic acids is 2. The summed E-state index contributed by atoms with van der Waals surface area (Å²) in [5.74, 6) is 1.03. The van der Waals surface area contributed by atoms with Gasteiger partial charge in [0.2, 0.25) is 12.7 Å². The molecule has 2 amide bonds. The topological polar surface area (TPSA) is 71.1 Å². The molecule has 136 valence electrons. The molecule has 7 heteroatoms. The van der Waals surface area contributed by atoms with Crippen molar-refractivity contribution >= 4 is 11.8 Å². The van der Waals surface area contributed by atoms with Gasteiger partial charge in [0.1, 0.15) is 6.04 Å². The first-order chi connectivity index (χ1) is 12.1. The van der Waals surface area contributed by atoms with E-state index in [1.54, 1.807) is 23.1 Å². The lowest BCUT2D eigenvalue weighted by Gasteiger charge is -2.24. The van der Waals surface area contributed by atoms with Gasteiger partial charge in [0, 0.05) is 18.7 Å². The maximum Gasteiger partial charge on any atom is 0.254 e. The molecule has 0 aliphatic carbocycles. The summed E-state index contributed by atoms with van der Waals surface area (Å²) in [6, 6.07) is 4.76. The summed E-state index contributed by atoms with van der Waals surface area (Å²) in [4.78, 5) is 29.0. The number of rotatable bonds is 6. The molecular formula is C18H25N3O4. The molecule has 0 saturated carbocycles. The predicted molar refractivity (Wildman–Crippen MR) is 92.8 cm³/mol. The number of carbonyl (C=O) groups is 2. The van der Waals surface area contributed by atoms with Crippen molar-refractivity contribution in [3.63, 3.8) is 0 Å². The number of hydrogen-bond acceptors (Lipinski definition) is 5. The first kappa shape index (κ1) is 17.5. The van der Waals surface area contributed by atoms with Crippen LogP contribution in [-0.4, -0.2) is 68.2 Å². The lowest BCUT2D eigenvalue weighted by Crippen LogP contribution is -2.46.